The molecule has 2 aromatic carbocycles. The van der Waals surface area contributed by atoms with Gasteiger partial charge in [-0.05, 0) is 18.2 Å². The second-order valence-corrected chi connectivity index (χ2v) is 4.82. The monoisotopic (exact) mass is 343 g/mol. The number of non-ortho nitro benzene ring substituents is 1. The lowest BCUT2D eigenvalue weighted by molar-refractivity contribution is -0.384. The summed E-state index contributed by atoms with van der Waals surface area (Å²) in [6.07, 6.45) is 3.11. The van der Waals surface area contributed by atoms with E-state index in [1.165, 1.54) is 31.5 Å². The molecule has 2 rings (SSSR count). The van der Waals surface area contributed by atoms with Crippen LogP contribution in [-0.2, 0) is 0 Å². The van der Waals surface area contributed by atoms with Crippen molar-refractivity contribution in [3.63, 3.8) is 0 Å². The Labute approximate surface area is 144 Å². The van der Waals surface area contributed by atoms with Crippen LogP contribution in [0.2, 0.25) is 0 Å². The molecule has 0 radical (unpaired) electrons. The van der Waals surface area contributed by atoms with Crippen molar-refractivity contribution in [3.8, 4) is 11.5 Å². The van der Waals surface area contributed by atoms with Gasteiger partial charge in [0, 0.05) is 23.9 Å². The number of nitrogens with one attached hydrogen (secondary N) is 2. The van der Waals surface area contributed by atoms with Gasteiger partial charge in [0.2, 0.25) is 0 Å². The molecular weight excluding hydrogens is 326 g/mol. The third-order valence-corrected chi connectivity index (χ3v) is 3.26. The number of rotatable bonds is 6. The van der Waals surface area contributed by atoms with Crippen LogP contribution in [0.3, 0.4) is 0 Å². The number of nitrogens with zero attached hydrogens (tertiary/aromatic N) is 1. The van der Waals surface area contributed by atoms with Gasteiger partial charge in [0.15, 0.2) is 0 Å². The van der Waals surface area contributed by atoms with Crippen LogP contribution in [0.25, 0.3) is 6.08 Å². The first-order valence-electron chi connectivity index (χ1n) is 7.24. The SMILES string of the molecule is COc1ccccc1/C=C/NC(=O)Nc1cc([N+](=O)[O-])ccc1OC. The van der Waals surface area contributed by atoms with E-state index in [-0.39, 0.29) is 11.4 Å². The Morgan fingerprint density at radius 1 is 1.12 bits per heavy atom. The Morgan fingerprint density at radius 2 is 1.84 bits per heavy atom. The molecule has 0 saturated carbocycles. The number of anilines is 1. The van der Waals surface area contributed by atoms with Crippen LogP contribution in [0.5, 0.6) is 11.5 Å². The van der Waals surface area contributed by atoms with Crippen LogP contribution in [0.1, 0.15) is 5.56 Å². The van der Waals surface area contributed by atoms with Crippen molar-refractivity contribution in [3.05, 3.63) is 64.3 Å². The summed E-state index contributed by atoms with van der Waals surface area (Å²) in [5.74, 6) is 0.982. The number of ether oxygens (including phenoxy) is 2. The van der Waals surface area contributed by atoms with Crippen molar-refractivity contribution >= 4 is 23.5 Å². The van der Waals surface area contributed by atoms with E-state index in [2.05, 4.69) is 10.6 Å². The number of nitro groups is 1. The van der Waals surface area contributed by atoms with Crippen molar-refractivity contribution in [2.45, 2.75) is 0 Å². The summed E-state index contributed by atoms with van der Waals surface area (Å²) < 4.78 is 10.3. The number of para-hydroxylation sites is 1. The molecular formula is C17H17N3O5. The molecule has 0 aliphatic heterocycles. The Morgan fingerprint density at radius 3 is 2.52 bits per heavy atom. The number of carbonyl (C=O) groups excluding carboxylic acids is 1. The summed E-state index contributed by atoms with van der Waals surface area (Å²) in [4.78, 5) is 22.3. The zero-order valence-corrected chi connectivity index (χ0v) is 13.7. The van der Waals surface area contributed by atoms with Gasteiger partial charge in [-0.25, -0.2) is 4.79 Å². The molecule has 2 aromatic rings. The summed E-state index contributed by atoms with van der Waals surface area (Å²) in [5, 5.41) is 15.9. The van der Waals surface area contributed by atoms with E-state index in [0.29, 0.717) is 11.5 Å². The highest BCUT2D eigenvalue weighted by Gasteiger charge is 2.13. The highest BCUT2D eigenvalue weighted by Crippen LogP contribution is 2.28. The number of nitro benzene ring substituents is 1. The molecule has 130 valence electrons. The normalized spacial score (nSPS) is 10.3. The highest BCUT2D eigenvalue weighted by atomic mass is 16.6. The molecule has 0 heterocycles. The van der Waals surface area contributed by atoms with Crippen molar-refractivity contribution in [2.75, 3.05) is 19.5 Å². The molecule has 2 N–H and O–H groups in total. The van der Waals surface area contributed by atoms with Gasteiger partial charge in [-0.15, -0.1) is 0 Å². The standard InChI is InChI=1S/C17H17N3O5/c1-24-15-6-4-3-5-12(15)9-10-18-17(21)19-14-11-13(20(22)23)7-8-16(14)25-2/h3-11H,1-2H3,(H2,18,19,21)/b10-9+. The molecule has 0 atom stereocenters. The zero-order chi connectivity index (χ0) is 18.2. The second-order valence-electron chi connectivity index (χ2n) is 4.82. The lowest BCUT2D eigenvalue weighted by Gasteiger charge is -2.09. The Kier molecular flexibility index (Phi) is 5.94. The van der Waals surface area contributed by atoms with Crippen LogP contribution in [0, 0.1) is 10.1 Å². The zero-order valence-electron chi connectivity index (χ0n) is 13.7. The molecule has 0 unspecified atom stereocenters. The smallest absolute Gasteiger partial charge is 0.323 e. The predicted octanol–water partition coefficient (Wildman–Crippen LogP) is 3.40. The topological polar surface area (TPSA) is 103 Å². The van der Waals surface area contributed by atoms with Gasteiger partial charge in [0.25, 0.3) is 5.69 Å². The Balaban J connectivity index is 2.06. The van der Waals surface area contributed by atoms with Crippen molar-refractivity contribution < 1.29 is 19.2 Å². The molecule has 0 saturated heterocycles. The summed E-state index contributed by atoms with van der Waals surface area (Å²) in [5.41, 5.74) is 0.832. The van der Waals surface area contributed by atoms with Gasteiger partial charge < -0.3 is 20.1 Å². The quantitative estimate of drug-likeness (QED) is 0.618. The third kappa shape index (κ3) is 4.71. The fourth-order valence-corrected chi connectivity index (χ4v) is 2.08. The van der Waals surface area contributed by atoms with Crippen molar-refractivity contribution in [1.29, 1.82) is 0 Å². The number of hydrogen-bond donors (Lipinski definition) is 2. The van der Waals surface area contributed by atoms with Gasteiger partial charge in [-0.1, -0.05) is 18.2 Å². The number of benzene rings is 2. The van der Waals surface area contributed by atoms with Crippen LogP contribution < -0.4 is 20.1 Å². The molecule has 0 aliphatic carbocycles. The Bertz CT molecular complexity index is 805. The lowest BCUT2D eigenvalue weighted by Crippen LogP contribution is -2.24. The van der Waals surface area contributed by atoms with E-state index >= 15 is 0 Å². The number of amides is 2. The van der Waals surface area contributed by atoms with Crippen LogP contribution >= 0.6 is 0 Å². The van der Waals surface area contributed by atoms with E-state index < -0.39 is 11.0 Å². The largest absolute Gasteiger partial charge is 0.496 e. The first kappa shape index (κ1) is 17.8. The van der Waals surface area contributed by atoms with Crippen LogP contribution in [-0.4, -0.2) is 25.2 Å². The van der Waals surface area contributed by atoms with E-state index in [1.54, 1.807) is 19.3 Å². The average Bonchev–Trinajstić information content (AvgIpc) is 2.62. The molecule has 25 heavy (non-hydrogen) atoms. The molecule has 2 amide bonds. The number of carbonyl (C=O) groups is 1. The number of methoxy groups -OCH3 is 2. The van der Waals surface area contributed by atoms with E-state index in [9.17, 15) is 14.9 Å². The van der Waals surface area contributed by atoms with Gasteiger partial charge in [0.05, 0.1) is 24.8 Å². The van der Waals surface area contributed by atoms with E-state index in [4.69, 9.17) is 9.47 Å². The van der Waals surface area contributed by atoms with Crippen molar-refractivity contribution in [2.24, 2.45) is 0 Å². The van der Waals surface area contributed by atoms with Gasteiger partial charge >= 0.3 is 6.03 Å². The van der Waals surface area contributed by atoms with Crippen molar-refractivity contribution in [1.82, 2.24) is 5.32 Å². The average molecular weight is 343 g/mol. The third-order valence-electron chi connectivity index (χ3n) is 3.26. The highest BCUT2D eigenvalue weighted by molar-refractivity contribution is 5.92. The summed E-state index contributed by atoms with van der Waals surface area (Å²) in [6, 6.07) is 10.7. The van der Waals surface area contributed by atoms with Crippen LogP contribution in [0.4, 0.5) is 16.2 Å². The maximum Gasteiger partial charge on any atom is 0.323 e. The molecule has 8 heteroatoms. The molecule has 0 fully saturated rings. The first-order chi connectivity index (χ1) is 12.0. The van der Waals surface area contributed by atoms with E-state index in [0.717, 1.165) is 5.56 Å². The summed E-state index contributed by atoms with van der Waals surface area (Å²) >= 11 is 0. The van der Waals surface area contributed by atoms with Gasteiger partial charge in [-0.2, -0.15) is 0 Å². The van der Waals surface area contributed by atoms with Crippen LogP contribution in [0.15, 0.2) is 48.7 Å². The Hall–Kier alpha value is -3.55. The van der Waals surface area contributed by atoms with E-state index in [1.807, 2.05) is 18.2 Å². The number of urea groups is 1. The minimum absolute atomic E-state index is 0.152. The maximum atomic E-state index is 12.0. The fourth-order valence-electron chi connectivity index (χ4n) is 2.08. The maximum absolute atomic E-state index is 12.0. The molecule has 0 aromatic heterocycles. The molecule has 0 aliphatic rings. The minimum atomic E-state index is -0.565. The van der Waals surface area contributed by atoms with Gasteiger partial charge in [-0.3, -0.25) is 10.1 Å². The number of hydrogen-bond acceptors (Lipinski definition) is 5. The second kappa shape index (κ2) is 8.34. The molecule has 0 bridgehead atoms. The molecule has 0 spiro atoms. The lowest BCUT2D eigenvalue weighted by atomic mass is 10.2. The predicted molar refractivity (Wildman–Crippen MR) is 93.8 cm³/mol. The first-order valence-corrected chi connectivity index (χ1v) is 7.24. The molecule has 8 nitrogen and oxygen atoms in total. The minimum Gasteiger partial charge on any atom is -0.496 e. The summed E-state index contributed by atoms with van der Waals surface area (Å²) in [7, 11) is 2.97. The fraction of sp³-hybridized carbons (Fsp3) is 0.118. The van der Waals surface area contributed by atoms with Gasteiger partial charge in [0.1, 0.15) is 11.5 Å². The summed E-state index contributed by atoms with van der Waals surface area (Å²) in [6.45, 7) is 0.